The molecular formula is C23H29NO4S. The van der Waals surface area contributed by atoms with E-state index in [0.717, 1.165) is 42.3 Å². The molecule has 0 unspecified atom stereocenters. The van der Waals surface area contributed by atoms with Gasteiger partial charge in [0.15, 0.2) is 6.61 Å². The smallest absolute Gasteiger partial charge is 0.316 e. The Morgan fingerprint density at radius 3 is 2.66 bits per heavy atom. The normalized spacial score (nSPS) is 16.2. The van der Waals surface area contributed by atoms with Crippen LogP contribution in [0, 0.1) is 27.7 Å². The van der Waals surface area contributed by atoms with E-state index in [2.05, 4.69) is 17.6 Å². The van der Waals surface area contributed by atoms with Crippen molar-refractivity contribution in [2.24, 2.45) is 0 Å². The van der Waals surface area contributed by atoms with Crippen LogP contribution in [0.4, 0.5) is 0 Å². The fraction of sp³-hybridized carbons (Fsp3) is 0.478. The van der Waals surface area contributed by atoms with Crippen LogP contribution in [-0.4, -0.2) is 41.4 Å². The zero-order valence-corrected chi connectivity index (χ0v) is 18.4. The largest absolute Gasteiger partial charge is 0.457 e. The minimum absolute atomic E-state index is 0.166. The number of thioether (sulfide) groups is 1. The molecule has 1 aromatic heterocycles. The van der Waals surface area contributed by atoms with Crippen molar-refractivity contribution in [2.75, 3.05) is 19.0 Å². The monoisotopic (exact) mass is 415 g/mol. The molecule has 0 radical (unpaired) electrons. The van der Waals surface area contributed by atoms with E-state index in [9.17, 15) is 9.59 Å². The number of aryl methyl sites for hydroxylation is 3. The topological polar surface area (TPSA) is 57.5 Å². The Morgan fingerprint density at radius 2 is 1.97 bits per heavy atom. The molecule has 29 heavy (non-hydrogen) atoms. The first kappa shape index (κ1) is 21.7. The number of aromatic nitrogens is 1. The third-order valence-electron chi connectivity index (χ3n) is 5.48. The molecule has 1 saturated heterocycles. The lowest BCUT2D eigenvalue weighted by Gasteiger charge is -2.14. The Morgan fingerprint density at radius 1 is 1.17 bits per heavy atom. The van der Waals surface area contributed by atoms with E-state index in [1.165, 1.54) is 22.9 Å². The number of rotatable bonds is 8. The number of carbonyl (C=O) groups is 2. The van der Waals surface area contributed by atoms with Gasteiger partial charge in [0, 0.05) is 35.0 Å². The maximum absolute atomic E-state index is 12.6. The molecule has 1 aliphatic rings. The highest BCUT2D eigenvalue weighted by Gasteiger charge is 2.21. The van der Waals surface area contributed by atoms with Crippen molar-refractivity contribution in [2.45, 2.75) is 58.1 Å². The number of Topliss-reactive ketones (excluding diaryl/α,β-unsaturated/α-hetero) is 1. The predicted molar refractivity (Wildman–Crippen MR) is 115 cm³/mol. The average molecular weight is 416 g/mol. The molecule has 1 aromatic carbocycles. The summed E-state index contributed by atoms with van der Waals surface area (Å²) in [4.78, 5) is 25.7. The molecule has 2 aromatic rings. The van der Waals surface area contributed by atoms with Gasteiger partial charge >= 0.3 is 5.97 Å². The molecule has 1 fully saturated rings. The number of ether oxygens (including phenoxy) is 2. The molecule has 0 N–H and O–H groups in total. The van der Waals surface area contributed by atoms with Crippen LogP contribution in [0.2, 0.25) is 0 Å². The summed E-state index contributed by atoms with van der Waals surface area (Å²) in [5, 5.41) is 0. The van der Waals surface area contributed by atoms with Gasteiger partial charge in [-0.3, -0.25) is 9.59 Å². The number of nitrogens with zero attached hydrogens (tertiary/aromatic N) is 1. The zero-order valence-electron chi connectivity index (χ0n) is 17.6. The third kappa shape index (κ3) is 5.52. The Bertz CT molecular complexity index is 897. The van der Waals surface area contributed by atoms with Gasteiger partial charge < -0.3 is 14.0 Å². The Hall–Kier alpha value is -2.05. The van der Waals surface area contributed by atoms with Gasteiger partial charge in [0.1, 0.15) is 0 Å². The van der Waals surface area contributed by atoms with Crippen molar-refractivity contribution in [1.82, 2.24) is 4.57 Å². The Balaban J connectivity index is 1.52. The predicted octanol–water partition coefficient (Wildman–Crippen LogP) is 4.42. The number of carbonyl (C=O) groups excluding carboxylic acids is 2. The van der Waals surface area contributed by atoms with Gasteiger partial charge in [-0.2, -0.15) is 0 Å². The molecular weight excluding hydrogens is 386 g/mol. The lowest BCUT2D eigenvalue weighted by atomic mass is 10.1. The number of esters is 1. The van der Waals surface area contributed by atoms with Crippen molar-refractivity contribution in [3.8, 4) is 0 Å². The minimum Gasteiger partial charge on any atom is -0.457 e. The van der Waals surface area contributed by atoms with Crippen LogP contribution in [-0.2, 0) is 20.8 Å². The number of benzene rings is 1. The fourth-order valence-electron chi connectivity index (χ4n) is 3.57. The van der Waals surface area contributed by atoms with E-state index >= 15 is 0 Å². The van der Waals surface area contributed by atoms with Crippen LogP contribution >= 0.6 is 11.8 Å². The van der Waals surface area contributed by atoms with Gasteiger partial charge in [0.25, 0.3) is 0 Å². The lowest BCUT2D eigenvalue weighted by Crippen LogP contribution is -2.18. The van der Waals surface area contributed by atoms with Crippen LogP contribution in [0.25, 0.3) is 0 Å². The highest BCUT2D eigenvalue weighted by Crippen LogP contribution is 2.22. The van der Waals surface area contributed by atoms with Gasteiger partial charge in [-0.05, 0) is 69.9 Å². The standard InChI is InChI=1S/C23H29NO4S/c1-15-7-8-20(10-16(15)2)29-14-23(26)28-13-22(25)21-11-17(3)24(18(21)4)12-19-6-5-9-27-19/h7-8,10-11,19H,5-6,9,12-14H2,1-4H3/t19-/m1/s1. The van der Waals surface area contributed by atoms with Crippen LogP contribution in [0.5, 0.6) is 0 Å². The summed E-state index contributed by atoms with van der Waals surface area (Å²) in [6, 6.07) is 7.97. The molecule has 1 atom stereocenters. The highest BCUT2D eigenvalue weighted by atomic mass is 32.2. The first-order valence-electron chi connectivity index (χ1n) is 10.0. The molecule has 3 rings (SSSR count). The summed E-state index contributed by atoms with van der Waals surface area (Å²) in [6.45, 7) is 9.38. The third-order valence-corrected chi connectivity index (χ3v) is 6.45. The van der Waals surface area contributed by atoms with Crippen molar-refractivity contribution < 1.29 is 19.1 Å². The van der Waals surface area contributed by atoms with E-state index in [0.29, 0.717) is 5.56 Å². The van der Waals surface area contributed by atoms with Crippen LogP contribution in [0.3, 0.4) is 0 Å². The summed E-state index contributed by atoms with van der Waals surface area (Å²) in [6.07, 6.45) is 2.35. The molecule has 5 nitrogen and oxygen atoms in total. The van der Waals surface area contributed by atoms with E-state index in [1.54, 1.807) is 0 Å². The lowest BCUT2D eigenvalue weighted by molar-refractivity contribution is -0.139. The Labute approximate surface area is 176 Å². The van der Waals surface area contributed by atoms with E-state index < -0.39 is 0 Å². The van der Waals surface area contributed by atoms with Crippen molar-refractivity contribution in [3.63, 3.8) is 0 Å². The van der Waals surface area contributed by atoms with Crippen LogP contribution in [0.1, 0.15) is 45.7 Å². The molecule has 0 amide bonds. The second-order valence-electron chi connectivity index (χ2n) is 7.65. The minimum atomic E-state index is -0.380. The summed E-state index contributed by atoms with van der Waals surface area (Å²) in [5.74, 6) is -0.357. The van der Waals surface area contributed by atoms with Gasteiger partial charge in [0.2, 0.25) is 5.78 Å². The van der Waals surface area contributed by atoms with E-state index in [4.69, 9.17) is 9.47 Å². The number of hydrogen-bond donors (Lipinski definition) is 0. The maximum Gasteiger partial charge on any atom is 0.316 e. The fourth-order valence-corrected chi connectivity index (χ4v) is 4.36. The van der Waals surface area contributed by atoms with E-state index in [1.807, 2.05) is 39.0 Å². The molecule has 0 saturated carbocycles. The van der Waals surface area contributed by atoms with Crippen LogP contribution in [0.15, 0.2) is 29.2 Å². The molecule has 0 aliphatic carbocycles. The Kier molecular flexibility index (Phi) is 7.19. The summed E-state index contributed by atoms with van der Waals surface area (Å²) >= 11 is 1.42. The average Bonchev–Trinajstić information content (AvgIpc) is 3.31. The molecule has 156 valence electrons. The van der Waals surface area contributed by atoms with Crippen LogP contribution < -0.4 is 0 Å². The van der Waals surface area contributed by atoms with Gasteiger partial charge in [0.05, 0.1) is 11.9 Å². The molecule has 6 heteroatoms. The molecule has 0 spiro atoms. The SMILES string of the molecule is Cc1ccc(SCC(=O)OCC(=O)c2cc(C)n(C[C@H]3CCCO3)c2C)cc1C. The first-order valence-corrected chi connectivity index (χ1v) is 11.0. The highest BCUT2D eigenvalue weighted by molar-refractivity contribution is 8.00. The van der Waals surface area contributed by atoms with Crippen molar-refractivity contribution in [3.05, 3.63) is 52.3 Å². The second-order valence-corrected chi connectivity index (χ2v) is 8.70. The maximum atomic E-state index is 12.6. The summed E-state index contributed by atoms with van der Waals surface area (Å²) < 4.78 is 13.1. The van der Waals surface area contributed by atoms with E-state index in [-0.39, 0.29) is 30.2 Å². The zero-order chi connectivity index (χ0) is 21.0. The number of ketones is 1. The molecule has 0 bridgehead atoms. The van der Waals surface area contributed by atoms with Crippen molar-refractivity contribution in [1.29, 1.82) is 0 Å². The second kappa shape index (κ2) is 9.63. The van der Waals surface area contributed by atoms with Gasteiger partial charge in [-0.1, -0.05) is 6.07 Å². The summed E-state index contributed by atoms with van der Waals surface area (Å²) in [5.41, 5.74) is 4.97. The quantitative estimate of drug-likeness (QED) is 0.363. The molecule has 2 heterocycles. The van der Waals surface area contributed by atoms with Crippen molar-refractivity contribution >= 4 is 23.5 Å². The first-order chi connectivity index (χ1) is 13.8. The van der Waals surface area contributed by atoms with Gasteiger partial charge in [-0.25, -0.2) is 0 Å². The van der Waals surface area contributed by atoms with Gasteiger partial charge in [-0.15, -0.1) is 11.8 Å². The molecule has 1 aliphatic heterocycles. The summed E-state index contributed by atoms with van der Waals surface area (Å²) in [7, 11) is 0. The number of hydrogen-bond acceptors (Lipinski definition) is 5.